The van der Waals surface area contributed by atoms with Crippen LogP contribution in [0.3, 0.4) is 0 Å². The van der Waals surface area contributed by atoms with Crippen LogP contribution in [0.15, 0.2) is 46.0 Å². The van der Waals surface area contributed by atoms with Gasteiger partial charge in [-0.05, 0) is 31.5 Å². The number of amidine groups is 1. The number of aromatic amines is 1. The van der Waals surface area contributed by atoms with E-state index in [1.807, 2.05) is 37.1 Å². The summed E-state index contributed by atoms with van der Waals surface area (Å²) < 4.78 is 28.8. The van der Waals surface area contributed by atoms with Crippen molar-refractivity contribution in [1.82, 2.24) is 19.9 Å². The second-order valence-corrected chi connectivity index (χ2v) is 8.87. The summed E-state index contributed by atoms with van der Waals surface area (Å²) in [6, 6.07) is 9.15. The van der Waals surface area contributed by atoms with Crippen molar-refractivity contribution in [1.29, 1.82) is 0 Å². The van der Waals surface area contributed by atoms with Crippen LogP contribution >= 0.6 is 0 Å². The maximum absolute atomic E-state index is 12.4. The topological polar surface area (TPSA) is 94.6 Å². The molecule has 0 amide bonds. The predicted octanol–water partition coefficient (Wildman–Crippen LogP) is 1.93. The molecule has 2 aliphatic heterocycles. The van der Waals surface area contributed by atoms with E-state index >= 15 is 0 Å². The minimum atomic E-state index is -3.61. The average Bonchev–Trinajstić information content (AvgIpc) is 3.36. The van der Waals surface area contributed by atoms with Gasteiger partial charge in [-0.25, -0.2) is 9.97 Å². The van der Waals surface area contributed by atoms with Gasteiger partial charge in [0.2, 0.25) is 0 Å². The molecule has 0 spiro atoms. The molecule has 1 unspecified atom stereocenters. The first-order chi connectivity index (χ1) is 13.4. The number of nitrogens with one attached hydrogen (secondary N) is 1. The molecule has 28 heavy (non-hydrogen) atoms. The predicted molar refractivity (Wildman–Crippen MR) is 107 cm³/mol. The van der Waals surface area contributed by atoms with E-state index in [1.54, 1.807) is 18.5 Å². The molecular formula is C19H20N6O2S. The van der Waals surface area contributed by atoms with E-state index in [0.717, 1.165) is 42.1 Å². The quantitative estimate of drug-likeness (QED) is 0.711. The van der Waals surface area contributed by atoms with Crippen molar-refractivity contribution >= 4 is 32.7 Å². The van der Waals surface area contributed by atoms with Crippen molar-refractivity contribution < 1.29 is 8.42 Å². The Kier molecular flexibility index (Phi) is 3.70. The van der Waals surface area contributed by atoms with Crippen LogP contribution in [0.2, 0.25) is 0 Å². The van der Waals surface area contributed by atoms with Crippen LogP contribution in [0.4, 0.5) is 5.82 Å². The third-order valence-corrected chi connectivity index (χ3v) is 6.81. The zero-order valence-electron chi connectivity index (χ0n) is 15.6. The first-order valence-corrected chi connectivity index (χ1v) is 10.6. The van der Waals surface area contributed by atoms with Crippen molar-refractivity contribution in [2.75, 3.05) is 25.0 Å². The van der Waals surface area contributed by atoms with Crippen LogP contribution in [0, 0.1) is 6.92 Å². The summed E-state index contributed by atoms with van der Waals surface area (Å²) in [6.07, 6.45) is 2.48. The van der Waals surface area contributed by atoms with Crippen LogP contribution in [0.25, 0.3) is 11.0 Å². The summed E-state index contributed by atoms with van der Waals surface area (Å²) in [4.78, 5) is 16.7. The molecule has 144 valence electrons. The Hall–Kier alpha value is -2.94. The number of likely N-dealkylation sites (N-methyl/N-ethyl adjacent to an activating group) is 1. The lowest BCUT2D eigenvalue weighted by molar-refractivity contribution is 0.393. The Labute approximate surface area is 163 Å². The summed E-state index contributed by atoms with van der Waals surface area (Å²) in [5.41, 5.74) is 3.56. The molecule has 1 N–H and O–H groups in total. The van der Waals surface area contributed by atoms with E-state index in [4.69, 9.17) is 0 Å². The number of nitrogens with zero attached hydrogens (tertiary/aromatic N) is 5. The number of aryl methyl sites for hydroxylation is 1. The molecule has 0 aliphatic carbocycles. The number of fused-ring (bicyclic) bond motifs is 2. The SMILES string of the molecule is Cc1cc2ncnc(N3CCC(N(C)C4=NS(=O)(=O)c5ccccc54)C3)c2[nH]1. The van der Waals surface area contributed by atoms with Gasteiger partial charge in [0.05, 0.1) is 5.52 Å². The lowest BCUT2D eigenvalue weighted by Crippen LogP contribution is -2.39. The van der Waals surface area contributed by atoms with Gasteiger partial charge >= 0.3 is 0 Å². The first-order valence-electron chi connectivity index (χ1n) is 9.16. The maximum Gasteiger partial charge on any atom is 0.285 e. The van der Waals surface area contributed by atoms with Gasteiger partial charge in [0, 0.05) is 37.4 Å². The van der Waals surface area contributed by atoms with Crippen LogP contribution < -0.4 is 4.90 Å². The number of benzene rings is 1. The lowest BCUT2D eigenvalue weighted by atomic mass is 10.1. The molecule has 9 heteroatoms. The van der Waals surface area contributed by atoms with E-state index in [2.05, 4.69) is 24.2 Å². The molecule has 1 saturated heterocycles. The van der Waals surface area contributed by atoms with E-state index < -0.39 is 10.0 Å². The Morgan fingerprint density at radius 2 is 2.07 bits per heavy atom. The molecule has 1 fully saturated rings. The molecule has 4 heterocycles. The smallest absolute Gasteiger partial charge is 0.285 e. The van der Waals surface area contributed by atoms with E-state index in [9.17, 15) is 8.42 Å². The number of H-pyrrole nitrogens is 1. The number of hydrogen-bond acceptors (Lipinski definition) is 6. The van der Waals surface area contributed by atoms with Crippen molar-refractivity contribution in [3.63, 3.8) is 0 Å². The number of aromatic nitrogens is 3. The van der Waals surface area contributed by atoms with Gasteiger partial charge in [0.15, 0.2) is 11.7 Å². The highest BCUT2D eigenvalue weighted by Crippen LogP contribution is 2.31. The minimum absolute atomic E-state index is 0.140. The second kappa shape index (κ2) is 6.03. The third-order valence-electron chi connectivity index (χ3n) is 5.49. The van der Waals surface area contributed by atoms with Gasteiger partial charge in [-0.2, -0.15) is 8.42 Å². The van der Waals surface area contributed by atoms with Crippen molar-refractivity contribution in [3.8, 4) is 0 Å². The number of rotatable bonds is 2. The molecule has 1 atom stereocenters. The van der Waals surface area contributed by atoms with Crippen molar-refractivity contribution in [2.45, 2.75) is 24.3 Å². The van der Waals surface area contributed by atoms with E-state index in [-0.39, 0.29) is 10.9 Å². The fraction of sp³-hybridized carbons (Fsp3) is 0.316. The summed E-state index contributed by atoms with van der Waals surface area (Å²) in [7, 11) is -1.70. The molecule has 0 bridgehead atoms. The van der Waals surface area contributed by atoms with Crippen LogP contribution in [-0.4, -0.2) is 60.3 Å². The molecular weight excluding hydrogens is 376 g/mol. The summed E-state index contributed by atoms with van der Waals surface area (Å²) >= 11 is 0. The molecule has 2 aliphatic rings. The zero-order chi connectivity index (χ0) is 19.5. The van der Waals surface area contributed by atoms with Crippen LogP contribution in [-0.2, 0) is 10.0 Å². The Morgan fingerprint density at radius 1 is 1.25 bits per heavy atom. The summed E-state index contributed by atoms with van der Waals surface area (Å²) in [6.45, 7) is 3.57. The largest absolute Gasteiger partial charge is 0.354 e. The van der Waals surface area contributed by atoms with Crippen LogP contribution in [0.1, 0.15) is 17.7 Å². The molecule has 3 aromatic rings. The normalized spacial score (nSPS) is 20.4. The number of hydrogen-bond donors (Lipinski definition) is 1. The van der Waals surface area contributed by atoms with Gasteiger partial charge in [-0.15, -0.1) is 4.40 Å². The highest BCUT2D eigenvalue weighted by Gasteiger charge is 2.35. The highest BCUT2D eigenvalue weighted by atomic mass is 32.2. The fourth-order valence-electron chi connectivity index (χ4n) is 4.06. The van der Waals surface area contributed by atoms with Gasteiger partial charge < -0.3 is 14.8 Å². The monoisotopic (exact) mass is 396 g/mol. The number of sulfonamides is 1. The third kappa shape index (κ3) is 2.57. The van der Waals surface area contributed by atoms with Crippen molar-refractivity contribution in [3.05, 3.63) is 47.9 Å². The molecule has 0 radical (unpaired) electrons. The first kappa shape index (κ1) is 17.2. The fourth-order valence-corrected chi connectivity index (χ4v) is 5.30. The van der Waals surface area contributed by atoms with E-state index in [1.165, 1.54) is 0 Å². The lowest BCUT2D eigenvalue weighted by Gasteiger charge is -2.26. The minimum Gasteiger partial charge on any atom is -0.354 e. The molecule has 1 aromatic carbocycles. The van der Waals surface area contributed by atoms with Gasteiger partial charge in [-0.3, -0.25) is 0 Å². The standard InChI is InChI=1S/C19H20N6O2S/c1-12-9-15-17(22-12)19(21-11-20-15)25-8-7-13(10-25)24(2)18-14-5-3-4-6-16(14)28(26,27)23-18/h3-6,9,11,13,22H,7-8,10H2,1-2H3. The molecule has 2 aromatic heterocycles. The molecule has 0 saturated carbocycles. The van der Waals surface area contributed by atoms with Crippen LogP contribution in [0.5, 0.6) is 0 Å². The molecule has 5 rings (SSSR count). The highest BCUT2D eigenvalue weighted by molar-refractivity contribution is 7.90. The second-order valence-electron chi connectivity index (χ2n) is 7.30. The van der Waals surface area contributed by atoms with Gasteiger partial charge in [-0.1, -0.05) is 12.1 Å². The Morgan fingerprint density at radius 3 is 2.93 bits per heavy atom. The maximum atomic E-state index is 12.4. The summed E-state index contributed by atoms with van der Waals surface area (Å²) in [5, 5.41) is 0. The van der Waals surface area contributed by atoms with Gasteiger partial charge in [0.1, 0.15) is 16.7 Å². The Bertz CT molecular complexity index is 1220. The molecule has 8 nitrogen and oxygen atoms in total. The number of anilines is 1. The Balaban J connectivity index is 1.44. The zero-order valence-corrected chi connectivity index (χ0v) is 16.4. The summed E-state index contributed by atoms with van der Waals surface area (Å²) in [5.74, 6) is 1.40. The average molecular weight is 396 g/mol. The van der Waals surface area contributed by atoms with E-state index in [0.29, 0.717) is 11.4 Å². The van der Waals surface area contributed by atoms with Gasteiger partial charge in [0.25, 0.3) is 10.0 Å². The van der Waals surface area contributed by atoms with Crippen molar-refractivity contribution in [2.24, 2.45) is 4.40 Å².